The molecule has 1 N–H and O–H groups in total. The fraction of sp³-hybridized carbons (Fsp3) is 0.333. The molecular formula is C18H22O5S. The Morgan fingerprint density at radius 1 is 1.04 bits per heavy atom. The van der Waals surface area contributed by atoms with Crippen LogP contribution in [-0.4, -0.2) is 39.1 Å². The lowest BCUT2D eigenvalue weighted by Crippen LogP contribution is -2.25. The highest BCUT2D eigenvalue weighted by Gasteiger charge is 2.19. The first kappa shape index (κ1) is 18.4. The summed E-state index contributed by atoms with van der Waals surface area (Å²) in [6.45, 7) is 2.14. The lowest BCUT2D eigenvalue weighted by atomic mass is 10.2. The van der Waals surface area contributed by atoms with E-state index in [1.807, 2.05) is 31.2 Å². The van der Waals surface area contributed by atoms with Crippen LogP contribution in [0.4, 0.5) is 0 Å². The van der Waals surface area contributed by atoms with Crippen LogP contribution in [0.5, 0.6) is 5.75 Å². The number of rotatable bonds is 8. The molecular weight excluding hydrogens is 328 g/mol. The Bertz CT molecular complexity index is 736. The lowest BCUT2D eigenvalue weighted by Gasteiger charge is -2.12. The Morgan fingerprint density at radius 3 is 2.25 bits per heavy atom. The van der Waals surface area contributed by atoms with Crippen molar-refractivity contribution in [1.29, 1.82) is 0 Å². The SMILES string of the molecule is COc1ccc(COCC(O)CS(=O)(=O)c2ccc(C)cc2)cc1. The molecule has 0 fully saturated rings. The maximum atomic E-state index is 12.2. The monoisotopic (exact) mass is 350 g/mol. The summed E-state index contributed by atoms with van der Waals surface area (Å²) in [6, 6.07) is 13.9. The van der Waals surface area contributed by atoms with Gasteiger partial charge in [0.1, 0.15) is 5.75 Å². The lowest BCUT2D eigenvalue weighted by molar-refractivity contribution is 0.0390. The summed E-state index contributed by atoms with van der Waals surface area (Å²) < 4.78 is 34.9. The third-order valence-electron chi connectivity index (χ3n) is 3.53. The van der Waals surface area contributed by atoms with Gasteiger partial charge in [-0.1, -0.05) is 29.8 Å². The second kappa shape index (κ2) is 8.28. The van der Waals surface area contributed by atoms with Crippen LogP contribution in [0.25, 0.3) is 0 Å². The highest BCUT2D eigenvalue weighted by atomic mass is 32.2. The zero-order chi connectivity index (χ0) is 17.6. The molecule has 2 aromatic rings. The summed E-state index contributed by atoms with van der Waals surface area (Å²) in [7, 11) is -1.93. The molecule has 0 bridgehead atoms. The summed E-state index contributed by atoms with van der Waals surface area (Å²) in [4.78, 5) is 0.210. The maximum absolute atomic E-state index is 12.2. The molecule has 0 aliphatic heterocycles. The molecule has 0 aliphatic rings. The van der Waals surface area contributed by atoms with Crippen LogP contribution >= 0.6 is 0 Å². The number of sulfone groups is 1. The van der Waals surface area contributed by atoms with E-state index in [9.17, 15) is 13.5 Å². The molecule has 0 saturated heterocycles. The van der Waals surface area contributed by atoms with Crippen molar-refractivity contribution in [3.8, 4) is 5.75 Å². The summed E-state index contributed by atoms with van der Waals surface area (Å²) >= 11 is 0. The molecule has 2 aromatic carbocycles. The molecule has 0 aromatic heterocycles. The highest BCUT2D eigenvalue weighted by molar-refractivity contribution is 7.91. The van der Waals surface area contributed by atoms with Gasteiger partial charge in [-0.25, -0.2) is 8.42 Å². The Hall–Kier alpha value is -1.89. The van der Waals surface area contributed by atoms with Gasteiger partial charge in [0.15, 0.2) is 9.84 Å². The number of methoxy groups -OCH3 is 1. The minimum Gasteiger partial charge on any atom is -0.497 e. The van der Waals surface area contributed by atoms with E-state index in [1.165, 1.54) is 0 Å². The molecule has 130 valence electrons. The molecule has 0 saturated carbocycles. The molecule has 1 atom stereocenters. The van der Waals surface area contributed by atoms with E-state index < -0.39 is 15.9 Å². The van der Waals surface area contributed by atoms with Crippen molar-refractivity contribution >= 4 is 9.84 Å². The summed E-state index contributed by atoms with van der Waals surface area (Å²) in [5.41, 5.74) is 1.90. The normalized spacial score (nSPS) is 12.8. The van der Waals surface area contributed by atoms with Crippen LogP contribution in [0.3, 0.4) is 0 Å². The third kappa shape index (κ3) is 5.33. The van der Waals surface area contributed by atoms with Crippen LogP contribution in [0.1, 0.15) is 11.1 Å². The largest absolute Gasteiger partial charge is 0.497 e. The summed E-state index contributed by atoms with van der Waals surface area (Å²) in [5, 5.41) is 9.94. The molecule has 5 nitrogen and oxygen atoms in total. The van der Waals surface area contributed by atoms with Crippen LogP contribution in [-0.2, 0) is 21.2 Å². The maximum Gasteiger partial charge on any atom is 0.180 e. The van der Waals surface area contributed by atoms with E-state index in [4.69, 9.17) is 9.47 Å². The number of benzene rings is 2. The molecule has 0 heterocycles. The highest BCUT2D eigenvalue weighted by Crippen LogP contribution is 2.14. The van der Waals surface area contributed by atoms with E-state index in [0.717, 1.165) is 16.9 Å². The van der Waals surface area contributed by atoms with Gasteiger partial charge in [-0.05, 0) is 36.8 Å². The summed E-state index contributed by atoms with van der Waals surface area (Å²) in [6.07, 6.45) is -1.07. The minimum absolute atomic E-state index is 0.0445. The Morgan fingerprint density at radius 2 is 1.67 bits per heavy atom. The number of hydrogen-bond donors (Lipinski definition) is 1. The van der Waals surface area contributed by atoms with Crippen molar-refractivity contribution in [2.75, 3.05) is 19.5 Å². The Kier molecular flexibility index (Phi) is 6.36. The first-order valence-corrected chi connectivity index (χ1v) is 9.24. The molecule has 0 aliphatic carbocycles. The predicted molar refractivity (Wildman–Crippen MR) is 91.9 cm³/mol. The number of ether oxygens (including phenoxy) is 2. The Balaban J connectivity index is 1.83. The van der Waals surface area contributed by atoms with Crippen molar-refractivity contribution in [3.63, 3.8) is 0 Å². The van der Waals surface area contributed by atoms with Gasteiger partial charge in [0, 0.05) is 0 Å². The average molecular weight is 350 g/mol. The van der Waals surface area contributed by atoms with E-state index in [0.29, 0.717) is 6.61 Å². The first-order chi connectivity index (χ1) is 11.4. The van der Waals surface area contributed by atoms with Gasteiger partial charge in [-0.15, -0.1) is 0 Å². The number of aryl methyl sites for hydroxylation is 1. The average Bonchev–Trinajstić information content (AvgIpc) is 2.55. The second-order valence-electron chi connectivity index (χ2n) is 5.61. The molecule has 0 spiro atoms. The minimum atomic E-state index is -3.53. The smallest absolute Gasteiger partial charge is 0.180 e. The van der Waals surface area contributed by atoms with E-state index in [-0.39, 0.29) is 17.3 Å². The van der Waals surface area contributed by atoms with Crippen molar-refractivity contribution in [2.24, 2.45) is 0 Å². The zero-order valence-electron chi connectivity index (χ0n) is 13.8. The fourth-order valence-corrected chi connectivity index (χ4v) is 3.52. The third-order valence-corrected chi connectivity index (χ3v) is 5.34. The van der Waals surface area contributed by atoms with Crippen molar-refractivity contribution in [1.82, 2.24) is 0 Å². The molecule has 2 rings (SSSR count). The van der Waals surface area contributed by atoms with Gasteiger partial charge in [-0.3, -0.25) is 0 Å². The van der Waals surface area contributed by atoms with Crippen LogP contribution in [0.15, 0.2) is 53.4 Å². The fourth-order valence-electron chi connectivity index (χ4n) is 2.18. The number of hydrogen-bond acceptors (Lipinski definition) is 5. The first-order valence-electron chi connectivity index (χ1n) is 7.59. The molecule has 0 radical (unpaired) electrons. The predicted octanol–water partition coefficient (Wildman–Crippen LogP) is 2.36. The Labute approximate surface area is 142 Å². The number of aliphatic hydroxyl groups is 1. The number of aliphatic hydroxyl groups excluding tert-OH is 1. The second-order valence-corrected chi connectivity index (χ2v) is 7.65. The summed E-state index contributed by atoms with van der Waals surface area (Å²) in [5.74, 6) is 0.390. The van der Waals surface area contributed by atoms with Crippen molar-refractivity contribution in [3.05, 3.63) is 59.7 Å². The van der Waals surface area contributed by atoms with Crippen molar-refractivity contribution < 1.29 is 23.0 Å². The van der Waals surface area contributed by atoms with Crippen LogP contribution in [0.2, 0.25) is 0 Å². The quantitative estimate of drug-likeness (QED) is 0.791. The van der Waals surface area contributed by atoms with E-state index >= 15 is 0 Å². The zero-order valence-corrected chi connectivity index (χ0v) is 14.6. The standard InChI is InChI=1S/C18H22O5S/c1-14-3-9-18(10-4-14)24(20,21)13-16(19)12-23-11-15-5-7-17(22-2)8-6-15/h3-10,16,19H,11-13H2,1-2H3. The van der Waals surface area contributed by atoms with Crippen LogP contribution < -0.4 is 4.74 Å². The van der Waals surface area contributed by atoms with Gasteiger partial charge in [-0.2, -0.15) is 0 Å². The van der Waals surface area contributed by atoms with Gasteiger partial charge in [0.05, 0.1) is 37.1 Å². The van der Waals surface area contributed by atoms with E-state index in [1.54, 1.807) is 31.4 Å². The molecule has 6 heteroatoms. The van der Waals surface area contributed by atoms with Crippen molar-refractivity contribution in [2.45, 2.75) is 24.5 Å². The molecule has 0 amide bonds. The molecule has 1 unspecified atom stereocenters. The van der Waals surface area contributed by atoms with Gasteiger partial charge < -0.3 is 14.6 Å². The van der Waals surface area contributed by atoms with E-state index in [2.05, 4.69) is 0 Å². The van der Waals surface area contributed by atoms with Crippen LogP contribution in [0, 0.1) is 6.92 Å². The van der Waals surface area contributed by atoms with Gasteiger partial charge >= 0.3 is 0 Å². The van der Waals surface area contributed by atoms with Gasteiger partial charge in [0.25, 0.3) is 0 Å². The van der Waals surface area contributed by atoms with Gasteiger partial charge in [0.2, 0.25) is 0 Å². The molecule has 24 heavy (non-hydrogen) atoms. The topological polar surface area (TPSA) is 72.8 Å².